The van der Waals surface area contributed by atoms with E-state index in [1.165, 1.54) is 44.0 Å². The lowest BCUT2D eigenvalue weighted by Gasteiger charge is -2.35. The van der Waals surface area contributed by atoms with Crippen molar-refractivity contribution in [2.45, 2.75) is 18.2 Å². The van der Waals surface area contributed by atoms with Crippen LogP contribution in [0.3, 0.4) is 0 Å². The van der Waals surface area contributed by atoms with Crippen LogP contribution in [0, 0.1) is 5.92 Å². The topological polar surface area (TPSA) is 23.8 Å². The van der Waals surface area contributed by atoms with Crippen LogP contribution in [0.15, 0.2) is 11.6 Å². The predicted octanol–water partition coefficient (Wildman–Crippen LogP) is 2.82. The number of thiazole rings is 1. The van der Waals surface area contributed by atoms with E-state index in [-0.39, 0.29) is 0 Å². The molecule has 108 valence electrons. The van der Waals surface area contributed by atoms with E-state index in [2.05, 4.69) is 41.7 Å². The van der Waals surface area contributed by atoms with E-state index in [9.17, 15) is 0 Å². The first-order chi connectivity index (χ1) is 9.85. The number of hydrogen-bond donors (Lipinski definition) is 0. The first-order valence-corrected chi connectivity index (χ1v) is 9.33. The minimum Gasteiger partial charge on any atom is -0.352 e. The maximum absolute atomic E-state index is 4.82. The van der Waals surface area contributed by atoms with Crippen molar-refractivity contribution in [3.05, 3.63) is 17.3 Å². The van der Waals surface area contributed by atoms with Crippen molar-refractivity contribution < 1.29 is 0 Å². The van der Waals surface area contributed by atoms with Crippen LogP contribution in [0.2, 0.25) is 0 Å². The second-order valence-electron chi connectivity index (χ2n) is 5.80. The maximum atomic E-state index is 4.82. The number of alkyl halides is 1. The fourth-order valence-electron chi connectivity index (χ4n) is 3.01. The fourth-order valence-corrected chi connectivity index (χ4v) is 4.26. The molecule has 20 heavy (non-hydrogen) atoms. The molecule has 3 heterocycles. The third-order valence-corrected chi connectivity index (χ3v) is 5.64. The molecule has 4 nitrogen and oxygen atoms in total. The van der Waals surface area contributed by atoms with Crippen molar-refractivity contribution in [2.24, 2.45) is 5.92 Å². The number of imidazole rings is 1. The molecule has 0 radical (unpaired) electrons. The Bertz CT molecular complexity index is 595. The van der Waals surface area contributed by atoms with Gasteiger partial charge in [0.2, 0.25) is 0 Å². The fraction of sp³-hybridized carbons (Fsp3) is 0.643. The van der Waals surface area contributed by atoms with Gasteiger partial charge in [0.25, 0.3) is 0 Å². The Balaban J connectivity index is 1.50. The molecule has 1 saturated carbocycles. The SMILES string of the molecule is BrCc1c(N2CCN(CC3CC3)CC2)nc2sccn12. The number of nitrogens with zero attached hydrogens (tertiary/aromatic N) is 4. The summed E-state index contributed by atoms with van der Waals surface area (Å²) in [5.41, 5.74) is 1.29. The Kier molecular flexibility index (Phi) is 3.48. The zero-order valence-corrected chi connectivity index (χ0v) is 13.9. The van der Waals surface area contributed by atoms with Gasteiger partial charge in [-0.1, -0.05) is 15.9 Å². The quantitative estimate of drug-likeness (QED) is 0.788. The van der Waals surface area contributed by atoms with Crippen LogP contribution >= 0.6 is 27.3 Å². The van der Waals surface area contributed by atoms with Crippen LogP contribution in [0.4, 0.5) is 5.82 Å². The van der Waals surface area contributed by atoms with E-state index >= 15 is 0 Å². The maximum Gasteiger partial charge on any atom is 0.195 e. The van der Waals surface area contributed by atoms with Gasteiger partial charge in [0.05, 0.1) is 5.69 Å². The third-order valence-electron chi connectivity index (χ3n) is 4.35. The number of piperazine rings is 1. The molecule has 0 aromatic carbocycles. The Morgan fingerprint density at radius 1 is 1.25 bits per heavy atom. The number of halogens is 1. The van der Waals surface area contributed by atoms with Gasteiger partial charge in [0.15, 0.2) is 10.8 Å². The third kappa shape index (κ3) is 2.38. The number of fused-ring (bicyclic) bond motifs is 1. The molecule has 1 saturated heterocycles. The Morgan fingerprint density at radius 2 is 2.05 bits per heavy atom. The summed E-state index contributed by atoms with van der Waals surface area (Å²) in [5, 5.41) is 2.97. The zero-order chi connectivity index (χ0) is 13.5. The van der Waals surface area contributed by atoms with Gasteiger partial charge in [-0.3, -0.25) is 9.30 Å². The van der Waals surface area contributed by atoms with Gasteiger partial charge >= 0.3 is 0 Å². The molecule has 1 aliphatic heterocycles. The molecule has 6 heteroatoms. The van der Waals surface area contributed by atoms with Gasteiger partial charge < -0.3 is 4.90 Å². The lowest BCUT2D eigenvalue weighted by molar-refractivity contribution is 0.247. The molecule has 0 atom stereocenters. The molecule has 2 fully saturated rings. The Labute approximate surface area is 131 Å². The van der Waals surface area contributed by atoms with Gasteiger partial charge in [-0.25, -0.2) is 4.98 Å². The predicted molar refractivity (Wildman–Crippen MR) is 87.1 cm³/mol. The number of hydrogen-bond acceptors (Lipinski definition) is 4. The lowest BCUT2D eigenvalue weighted by atomic mass is 10.2. The van der Waals surface area contributed by atoms with Gasteiger partial charge in [0.1, 0.15) is 0 Å². The number of aromatic nitrogens is 2. The van der Waals surface area contributed by atoms with Crippen LogP contribution in [0.1, 0.15) is 18.5 Å². The van der Waals surface area contributed by atoms with E-state index in [1.54, 1.807) is 11.3 Å². The summed E-state index contributed by atoms with van der Waals surface area (Å²) < 4.78 is 2.21. The first kappa shape index (κ1) is 13.1. The standard InChI is InChI=1S/C14H19BrN4S/c15-9-12-13(16-14-19(12)7-8-20-14)18-5-3-17(4-6-18)10-11-1-2-11/h7-8,11H,1-6,9-10H2. The van der Waals surface area contributed by atoms with E-state index in [0.29, 0.717) is 0 Å². The van der Waals surface area contributed by atoms with E-state index in [0.717, 1.165) is 29.3 Å². The monoisotopic (exact) mass is 354 g/mol. The summed E-state index contributed by atoms with van der Waals surface area (Å²) in [7, 11) is 0. The molecule has 0 spiro atoms. The van der Waals surface area contributed by atoms with E-state index < -0.39 is 0 Å². The highest BCUT2D eigenvalue weighted by Crippen LogP contribution is 2.31. The molecule has 2 aromatic rings. The van der Waals surface area contributed by atoms with Gasteiger partial charge in [-0.2, -0.15) is 0 Å². The van der Waals surface area contributed by atoms with Crippen molar-refractivity contribution in [3.8, 4) is 0 Å². The highest BCUT2D eigenvalue weighted by atomic mass is 79.9. The molecule has 1 aliphatic carbocycles. The van der Waals surface area contributed by atoms with Crippen molar-refractivity contribution in [3.63, 3.8) is 0 Å². The minimum atomic E-state index is 0.864. The van der Waals surface area contributed by atoms with Gasteiger partial charge in [-0.15, -0.1) is 11.3 Å². The molecular weight excluding hydrogens is 336 g/mol. The first-order valence-electron chi connectivity index (χ1n) is 7.33. The summed E-state index contributed by atoms with van der Waals surface area (Å²) in [6.07, 6.45) is 5.02. The largest absolute Gasteiger partial charge is 0.352 e. The van der Waals surface area contributed by atoms with Crippen LogP contribution in [0.5, 0.6) is 0 Å². The van der Waals surface area contributed by atoms with E-state index in [1.807, 2.05) is 0 Å². The molecule has 2 aliphatic rings. The summed E-state index contributed by atoms with van der Waals surface area (Å²) in [6, 6.07) is 0. The number of anilines is 1. The summed E-state index contributed by atoms with van der Waals surface area (Å²) in [4.78, 5) is 11.0. The minimum absolute atomic E-state index is 0.864. The average molecular weight is 355 g/mol. The Morgan fingerprint density at radius 3 is 2.75 bits per heavy atom. The van der Waals surface area contributed by atoms with Crippen molar-refractivity contribution >= 4 is 38.0 Å². The lowest BCUT2D eigenvalue weighted by Crippen LogP contribution is -2.47. The van der Waals surface area contributed by atoms with Crippen LogP contribution in [-0.2, 0) is 5.33 Å². The number of rotatable bonds is 4. The van der Waals surface area contributed by atoms with Gasteiger partial charge in [-0.05, 0) is 18.8 Å². The molecule has 0 bridgehead atoms. The molecule has 0 unspecified atom stereocenters. The highest BCUT2D eigenvalue weighted by Gasteiger charge is 2.27. The summed E-state index contributed by atoms with van der Waals surface area (Å²) >= 11 is 5.33. The molecule has 0 amide bonds. The molecule has 4 rings (SSSR count). The summed E-state index contributed by atoms with van der Waals surface area (Å²) in [6.45, 7) is 5.90. The smallest absolute Gasteiger partial charge is 0.195 e. The van der Waals surface area contributed by atoms with Crippen LogP contribution in [0.25, 0.3) is 4.96 Å². The van der Waals surface area contributed by atoms with Gasteiger partial charge in [0, 0.05) is 49.6 Å². The average Bonchev–Trinajstić information content (AvgIpc) is 3.04. The molecule has 2 aromatic heterocycles. The summed E-state index contributed by atoms with van der Waals surface area (Å²) in [5.74, 6) is 2.18. The van der Waals surface area contributed by atoms with Crippen molar-refractivity contribution in [1.82, 2.24) is 14.3 Å². The van der Waals surface area contributed by atoms with E-state index in [4.69, 9.17) is 4.98 Å². The second kappa shape index (κ2) is 5.31. The molecule has 0 N–H and O–H groups in total. The van der Waals surface area contributed by atoms with Crippen LogP contribution in [-0.4, -0.2) is 47.0 Å². The van der Waals surface area contributed by atoms with Crippen LogP contribution < -0.4 is 4.90 Å². The molecular formula is C14H19BrN4S. The van der Waals surface area contributed by atoms with Crippen molar-refractivity contribution in [1.29, 1.82) is 0 Å². The highest BCUT2D eigenvalue weighted by molar-refractivity contribution is 9.08. The Hall–Kier alpha value is -0.590. The second-order valence-corrected chi connectivity index (χ2v) is 7.24. The zero-order valence-electron chi connectivity index (χ0n) is 11.5. The van der Waals surface area contributed by atoms with Crippen molar-refractivity contribution in [2.75, 3.05) is 37.6 Å². The normalized spacial score (nSPS) is 20.9.